The molecule has 0 aromatic carbocycles. The third-order valence-electron chi connectivity index (χ3n) is 4.80. The summed E-state index contributed by atoms with van der Waals surface area (Å²) in [6.45, 7) is 6.38. The van der Waals surface area contributed by atoms with Gasteiger partial charge in [0, 0.05) is 44.6 Å². The fraction of sp³-hybridized carbons (Fsp3) is 0.706. The lowest BCUT2D eigenvalue weighted by atomic mass is 10.1. The second-order valence-electron chi connectivity index (χ2n) is 6.83. The predicted molar refractivity (Wildman–Crippen MR) is 94.0 cm³/mol. The number of likely N-dealkylation sites (N-methyl/N-ethyl adjacent to an activating group) is 1. The molecule has 0 aliphatic carbocycles. The quantitative estimate of drug-likeness (QED) is 0.850. The van der Waals surface area contributed by atoms with Crippen LogP contribution in [0.5, 0.6) is 0 Å². The number of amides is 1. The lowest BCUT2D eigenvalue weighted by Gasteiger charge is -2.33. The lowest BCUT2D eigenvalue weighted by molar-refractivity contribution is -0.123. The van der Waals surface area contributed by atoms with Crippen molar-refractivity contribution >= 4 is 11.9 Å². The minimum absolute atomic E-state index is 0.139. The summed E-state index contributed by atoms with van der Waals surface area (Å²) in [5.41, 5.74) is 0. The number of rotatable bonds is 4. The molecule has 1 atom stereocenters. The van der Waals surface area contributed by atoms with Gasteiger partial charge in [0.25, 0.3) is 0 Å². The Morgan fingerprint density at radius 1 is 1.17 bits per heavy atom. The van der Waals surface area contributed by atoms with E-state index in [1.807, 2.05) is 6.07 Å². The van der Waals surface area contributed by atoms with Gasteiger partial charge in [-0.05, 0) is 45.5 Å². The van der Waals surface area contributed by atoms with Crippen LogP contribution in [0.3, 0.4) is 0 Å². The highest BCUT2D eigenvalue weighted by Crippen LogP contribution is 2.15. The Bertz CT molecular complexity index is 525. The average Bonchev–Trinajstić information content (AvgIpc) is 2.80. The number of nitrogens with one attached hydrogen (secondary N) is 1. The van der Waals surface area contributed by atoms with Gasteiger partial charge in [0.15, 0.2) is 0 Å². The molecule has 0 spiro atoms. The summed E-state index contributed by atoms with van der Waals surface area (Å²) in [6.07, 6.45) is 6.74. The molecule has 1 N–H and O–H groups in total. The molecule has 0 unspecified atom stereocenters. The van der Waals surface area contributed by atoms with E-state index in [0.29, 0.717) is 6.54 Å². The minimum Gasteiger partial charge on any atom is -0.350 e. The second kappa shape index (κ2) is 8.39. The number of anilines is 1. The van der Waals surface area contributed by atoms with Crippen LogP contribution in [-0.4, -0.2) is 84.6 Å². The van der Waals surface area contributed by atoms with E-state index in [4.69, 9.17) is 0 Å². The molecule has 1 amide bonds. The Morgan fingerprint density at radius 2 is 2.00 bits per heavy atom. The number of hydrogen-bond donors (Lipinski definition) is 1. The van der Waals surface area contributed by atoms with E-state index in [9.17, 15) is 4.79 Å². The molecular formula is C17H28N6O. The average molecular weight is 332 g/mol. The van der Waals surface area contributed by atoms with Gasteiger partial charge < -0.3 is 15.1 Å². The molecule has 7 heteroatoms. The van der Waals surface area contributed by atoms with Gasteiger partial charge in [-0.1, -0.05) is 0 Å². The van der Waals surface area contributed by atoms with Gasteiger partial charge in [0.2, 0.25) is 11.9 Å². The number of aromatic nitrogens is 2. The normalized spacial score (nSPS) is 23.7. The monoisotopic (exact) mass is 332 g/mol. The van der Waals surface area contributed by atoms with Crippen molar-refractivity contribution in [2.75, 3.05) is 57.8 Å². The van der Waals surface area contributed by atoms with Crippen molar-refractivity contribution in [1.82, 2.24) is 25.1 Å². The van der Waals surface area contributed by atoms with Gasteiger partial charge in [-0.2, -0.15) is 0 Å². The highest BCUT2D eigenvalue weighted by atomic mass is 16.2. The Morgan fingerprint density at radius 3 is 2.83 bits per heavy atom. The van der Waals surface area contributed by atoms with E-state index in [-0.39, 0.29) is 11.9 Å². The minimum atomic E-state index is 0.139. The Kier molecular flexibility index (Phi) is 5.98. The van der Waals surface area contributed by atoms with Crippen molar-refractivity contribution in [2.24, 2.45) is 0 Å². The van der Waals surface area contributed by atoms with Crippen LogP contribution in [0.25, 0.3) is 0 Å². The van der Waals surface area contributed by atoms with Gasteiger partial charge in [0.1, 0.15) is 0 Å². The number of piperidine rings is 1. The van der Waals surface area contributed by atoms with E-state index >= 15 is 0 Å². The first-order chi connectivity index (χ1) is 11.7. The van der Waals surface area contributed by atoms with Crippen LogP contribution in [0.2, 0.25) is 0 Å². The highest BCUT2D eigenvalue weighted by Gasteiger charge is 2.24. The maximum absolute atomic E-state index is 12.4. The first kappa shape index (κ1) is 17.1. The van der Waals surface area contributed by atoms with Crippen LogP contribution in [0.1, 0.15) is 19.3 Å². The van der Waals surface area contributed by atoms with Crippen LogP contribution < -0.4 is 10.2 Å². The maximum atomic E-state index is 12.4. The first-order valence-corrected chi connectivity index (χ1v) is 8.93. The van der Waals surface area contributed by atoms with Crippen molar-refractivity contribution in [3.63, 3.8) is 0 Å². The van der Waals surface area contributed by atoms with Crippen LogP contribution in [0, 0.1) is 0 Å². The van der Waals surface area contributed by atoms with E-state index in [1.54, 1.807) is 12.4 Å². The summed E-state index contributed by atoms with van der Waals surface area (Å²) in [5.74, 6) is 0.896. The zero-order valence-corrected chi connectivity index (χ0v) is 14.5. The summed E-state index contributed by atoms with van der Waals surface area (Å²) in [6, 6.07) is 2.01. The number of nitrogens with zero attached hydrogens (tertiary/aromatic N) is 5. The van der Waals surface area contributed by atoms with E-state index in [2.05, 4.69) is 37.0 Å². The van der Waals surface area contributed by atoms with Gasteiger partial charge in [-0.15, -0.1) is 0 Å². The van der Waals surface area contributed by atoms with E-state index in [0.717, 1.165) is 64.5 Å². The topological polar surface area (TPSA) is 64.6 Å². The van der Waals surface area contributed by atoms with Gasteiger partial charge in [0.05, 0.1) is 6.54 Å². The molecule has 2 aliphatic rings. The molecule has 0 radical (unpaired) electrons. The van der Waals surface area contributed by atoms with Crippen LogP contribution in [0.15, 0.2) is 18.5 Å². The van der Waals surface area contributed by atoms with Gasteiger partial charge >= 0.3 is 0 Å². The third kappa shape index (κ3) is 4.88. The van der Waals surface area contributed by atoms with Crippen molar-refractivity contribution in [3.8, 4) is 0 Å². The molecule has 3 heterocycles. The summed E-state index contributed by atoms with van der Waals surface area (Å²) >= 11 is 0. The fourth-order valence-electron chi connectivity index (χ4n) is 3.47. The number of hydrogen-bond acceptors (Lipinski definition) is 6. The molecule has 7 nitrogen and oxygen atoms in total. The Labute approximate surface area is 144 Å². The molecule has 24 heavy (non-hydrogen) atoms. The molecule has 2 saturated heterocycles. The van der Waals surface area contributed by atoms with Crippen molar-refractivity contribution in [1.29, 1.82) is 0 Å². The van der Waals surface area contributed by atoms with Crippen molar-refractivity contribution < 1.29 is 4.79 Å². The van der Waals surface area contributed by atoms with E-state index in [1.165, 1.54) is 0 Å². The molecule has 0 saturated carbocycles. The molecule has 132 valence electrons. The molecule has 3 rings (SSSR count). The van der Waals surface area contributed by atoms with Crippen LogP contribution >= 0.6 is 0 Å². The summed E-state index contributed by atoms with van der Waals surface area (Å²) in [7, 11) is 2.14. The number of carbonyl (C=O) groups is 1. The third-order valence-corrected chi connectivity index (χ3v) is 4.80. The maximum Gasteiger partial charge on any atom is 0.234 e. The molecule has 2 aliphatic heterocycles. The smallest absolute Gasteiger partial charge is 0.234 e. The molecular weight excluding hydrogens is 304 g/mol. The Hall–Kier alpha value is -1.73. The van der Waals surface area contributed by atoms with Crippen LogP contribution in [-0.2, 0) is 4.79 Å². The van der Waals surface area contributed by atoms with Gasteiger partial charge in [-0.25, -0.2) is 9.97 Å². The highest BCUT2D eigenvalue weighted by molar-refractivity contribution is 5.78. The fourth-order valence-corrected chi connectivity index (χ4v) is 3.47. The zero-order valence-electron chi connectivity index (χ0n) is 14.5. The largest absolute Gasteiger partial charge is 0.350 e. The predicted octanol–water partition coefficient (Wildman–Crippen LogP) is 0.199. The molecule has 1 aromatic heterocycles. The SMILES string of the molecule is CN1CCCN(CC(=O)N[C@@H]2CCCN(c3ncccn3)C2)CC1. The zero-order chi connectivity index (χ0) is 16.8. The van der Waals surface area contributed by atoms with Crippen molar-refractivity contribution in [2.45, 2.75) is 25.3 Å². The van der Waals surface area contributed by atoms with E-state index < -0.39 is 0 Å². The van der Waals surface area contributed by atoms with Crippen LogP contribution in [0.4, 0.5) is 5.95 Å². The molecule has 0 bridgehead atoms. The number of carbonyl (C=O) groups excluding carboxylic acids is 1. The van der Waals surface area contributed by atoms with Gasteiger partial charge in [-0.3, -0.25) is 9.69 Å². The summed E-state index contributed by atoms with van der Waals surface area (Å²) < 4.78 is 0. The lowest BCUT2D eigenvalue weighted by Crippen LogP contribution is -2.50. The summed E-state index contributed by atoms with van der Waals surface area (Å²) in [4.78, 5) is 27.8. The Balaban J connectivity index is 1.47. The molecule has 1 aromatic rings. The molecule has 2 fully saturated rings. The van der Waals surface area contributed by atoms with Crippen molar-refractivity contribution in [3.05, 3.63) is 18.5 Å². The standard InChI is InChI=1S/C17H28N6O/c1-21-8-4-9-22(12-11-21)14-16(24)20-15-5-2-10-23(13-15)17-18-6-3-7-19-17/h3,6-7,15H,2,4-5,8-14H2,1H3,(H,20,24)/t15-/m1/s1. The summed E-state index contributed by atoms with van der Waals surface area (Å²) in [5, 5.41) is 3.21. The second-order valence-corrected chi connectivity index (χ2v) is 6.83. The first-order valence-electron chi connectivity index (χ1n) is 8.93.